The van der Waals surface area contributed by atoms with Gasteiger partial charge in [-0.25, -0.2) is 0 Å². The number of nitrogens with zero attached hydrogens (tertiary/aromatic N) is 3. The molecule has 3 rings (SSSR count). The smallest absolute Gasteiger partial charge is 0.234 e. The second kappa shape index (κ2) is 11.1. The van der Waals surface area contributed by atoms with Gasteiger partial charge in [0.25, 0.3) is 0 Å². The van der Waals surface area contributed by atoms with Crippen molar-refractivity contribution in [2.45, 2.75) is 31.7 Å². The number of allylic oxidation sites excluding steroid dienone is 1. The molecule has 3 aromatic rings. The number of nitrogens with one attached hydrogen (secondary N) is 1. The van der Waals surface area contributed by atoms with Crippen LogP contribution < -0.4 is 14.8 Å². The minimum absolute atomic E-state index is 0.159. The number of hydrogen-bond donors (Lipinski definition) is 1. The van der Waals surface area contributed by atoms with Crippen molar-refractivity contribution in [1.82, 2.24) is 14.8 Å². The number of anilines is 1. The topological polar surface area (TPSA) is 78.3 Å². The number of halogens is 1. The van der Waals surface area contributed by atoms with Gasteiger partial charge < -0.3 is 14.8 Å². The van der Waals surface area contributed by atoms with Crippen molar-refractivity contribution in [2.75, 3.05) is 18.2 Å². The zero-order valence-electron chi connectivity index (χ0n) is 18.2. The summed E-state index contributed by atoms with van der Waals surface area (Å²) in [5.41, 5.74) is 1.63. The number of hydrogen-bond acceptors (Lipinski definition) is 6. The molecule has 1 unspecified atom stereocenters. The van der Waals surface area contributed by atoms with E-state index in [1.807, 2.05) is 48.7 Å². The fourth-order valence-corrected chi connectivity index (χ4v) is 3.94. The third kappa shape index (κ3) is 5.83. The van der Waals surface area contributed by atoms with E-state index in [9.17, 15) is 4.79 Å². The molecule has 0 fully saturated rings. The summed E-state index contributed by atoms with van der Waals surface area (Å²) in [5, 5.41) is 12.6. The largest absolute Gasteiger partial charge is 0.493 e. The van der Waals surface area contributed by atoms with Gasteiger partial charge in [-0.15, -0.1) is 16.8 Å². The zero-order chi connectivity index (χ0) is 23.1. The monoisotopic (exact) mass is 472 g/mol. The molecule has 0 bridgehead atoms. The summed E-state index contributed by atoms with van der Waals surface area (Å²) >= 11 is 7.32. The summed E-state index contributed by atoms with van der Waals surface area (Å²) in [4.78, 5) is 12.5. The van der Waals surface area contributed by atoms with E-state index < -0.39 is 6.10 Å². The van der Waals surface area contributed by atoms with Crippen LogP contribution in [0.4, 0.5) is 5.69 Å². The predicted octanol–water partition coefficient (Wildman–Crippen LogP) is 5.31. The number of rotatable bonds is 10. The Kier molecular flexibility index (Phi) is 8.19. The van der Waals surface area contributed by atoms with Crippen LogP contribution in [0.15, 0.2) is 60.3 Å². The minimum atomic E-state index is -0.393. The van der Waals surface area contributed by atoms with Crippen molar-refractivity contribution < 1.29 is 14.3 Å². The van der Waals surface area contributed by atoms with Crippen molar-refractivity contribution in [3.8, 4) is 11.5 Å². The highest BCUT2D eigenvalue weighted by molar-refractivity contribution is 7.99. The maximum Gasteiger partial charge on any atom is 0.234 e. The van der Waals surface area contributed by atoms with E-state index in [2.05, 4.69) is 22.1 Å². The van der Waals surface area contributed by atoms with Crippen molar-refractivity contribution in [3.63, 3.8) is 0 Å². The molecule has 1 atom stereocenters. The zero-order valence-corrected chi connectivity index (χ0v) is 19.7. The molecule has 0 radical (unpaired) electrons. The highest BCUT2D eigenvalue weighted by Crippen LogP contribution is 2.31. The molecule has 0 saturated carbocycles. The lowest BCUT2D eigenvalue weighted by molar-refractivity contribution is -0.113. The number of aromatic nitrogens is 3. The Balaban J connectivity index is 1.70. The average Bonchev–Trinajstić information content (AvgIpc) is 3.18. The van der Waals surface area contributed by atoms with Crippen LogP contribution in [0.25, 0.3) is 0 Å². The van der Waals surface area contributed by atoms with Gasteiger partial charge >= 0.3 is 0 Å². The number of ether oxygens (including phenoxy) is 2. The minimum Gasteiger partial charge on any atom is -0.493 e. The van der Waals surface area contributed by atoms with Crippen LogP contribution >= 0.6 is 23.4 Å². The van der Waals surface area contributed by atoms with Gasteiger partial charge in [0, 0.05) is 17.3 Å². The molecule has 0 aliphatic rings. The molecule has 1 heterocycles. The van der Waals surface area contributed by atoms with Crippen molar-refractivity contribution >= 4 is 35.0 Å². The number of aryl methyl sites for hydroxylation is 1. The Morgan fingerprint density at radius 1 is 1.28 bits per heavy atom. The van der Waals surface area contributed by atoms with E-state index in [0.717, 1.165) is 5.56 Å². The molecular formula is C23H25ClN4O3S. The Labute approximate surface area is 196 Å². The normalized spacial score (nSPS) is 11.6. The summed E-state index contributed by atoms with van der Waals surface area (Å²) in [6, 6.07) is 12.8. The third-order valence-corrected chi connectivity index (χ3v) is 5.80. The molecule has 9 heteroatoms. The summed E-state index contributed by atoms with van der Waals surface area (Å²) in [6.07, 6.45) is 1.36. The summed E-state index contributed by atoms with van der Waals surface area (Å²) < 4.78 is 13.3. The second-order valence-electron chi connectivity index (χ2n) is 6.95. The van der Waals surface area contributed by atoms with Crippen LogP contribution in [-0.2, 0) is 11.3 Å². The molecule has 168 valence electrons. The van der Waals surface area contributed by atoms with E-state index in [1.165, 1.54) is 11.8 Å². The fourth-order valence-electron chi connectivity index (χ4n) is 3.01. The number of methoxy groups -OCH3 is 1. The van der Waals surface area contributed by atoms with E-state index in [-0.39, 0.29) is 11.7 Å². The average molecular weight is 473 g/mol. The first kappa shape index (κ1) is 23.7. The van der Waals surface area contributed by atoms with Gasteiger partial charge in [-0.1, -0.05) is 47.6 Å². The van der Waals surface area contributed by atoms with Gasteiger partial charge in [0.1, 0.15) is 0 Å². The number of para-hydroxylation sites is 2. The van der Waals surface area contributed by atoms with Crippen molar-refractivity contribution in [3.05, 3.63) is 71.5 Å². The molecule has 0 saturated heterocycles. The Bertz CT molecular complexity index is 1100. The van der Waals surface area contributed by atoms with Gasteiger partial charge in [0.15, 0.2) is 28.6 Å². The van der Waals surface area contributed by atoms with Crippen LogP contribution in [0.3, 0.4) is 0 Å². The van der Waals surface area contributed by atoms with Crippen molar-refractivity contribution in [2.24, 2.45) is 0 Å². The van der Waals surface area contributed by atoms with E-state index in [4.69, 9.17) is 21.1 Å². The molecule has 0 aliphatic heterocycles. The number of amides is 1. The van der Waals surface area contributed by atoms with Crippen LogP contribution in [0.2, 0.25) is 5.02 Å². The van der Waals surface area contributed by atoms with E-state index in [0.29, 0.717) is 39.7 Å². The standard InChI is InChI=1S/C23H25ClN4O3S/c1-5-12-28-22(16(3)31-20-9-7-6-8-19(20)30-4)26-27-23(28)32-14-21(29)25-18-13-17(24)11-10-15(18)2/h5-11,13,16H,1,12,14H2,2-4H3,(H,25,29). The first-order valence-corrected chi connectivity index (χ1v) is 11.3. The first-order valence-electron chi connectivity index (χ1n) is 9.95. The number of carbonyl (C=O) groups excluding carboxylic acids is 1. The number of carbonyl (C=O) groups is 1. The van der Waals surface area contributed by atoms with Gasteiger partial charge in [-0.05, 0) is 43.7 Å². The predicted molar refractivity (Wildman–Crippen MR) is 128 cm³/mol. The van der Waals surface area contributed by atoms with Crippen LogP contribution in [-0.4, -0.2) is 33.5 Å². The maximum atomic E-state index is 12.5. The molecule has 0 aliphatic carbocycles. The van der Waals surface area contributed by atoms with Crippen molar-refractivity contribution in [1.29, 1.82) is 0 Å². The lowest BCUT2D eigenvalue weighted by Gasteiger charge is -2.17. The van der Waals surface area contributed by atoms with Crippen LogP contribution in [0.5, 0.6) is 11.5 Å². The lowest BCUT2D eigenvalue weighted by Crippen LogP contribution is -2.16. The quantitative estimate of drug-likeness (QED) is 0.318. The van der Waals surface area contributed by atoms with Crippen LogP contribution in [0, 0.1) is 6.92 Å². The van der Waals surface area contributed by atoms with Crippen LogP contribution in [0.1, 0.15) is 24.4 Å². The second-order valence-corrected chi connectivity index (χ2v) is 8.33. The number of benzene rings is 2. The lowest BCUT2D eigenvalue weighted by atomic mass is 10.2. The molecule has 2 aromatic carbocycles. The summed E-state index contributed by atoms with van der Waals surface area (Å²) in [5.74, 6) is 1.89. The van der Waals surface area contributed by atoms with Gasteiger partial charge in [-0.3, -0.25) is 9.36 Å². The van der Waals surface area contributed by atoms with E-state index >= 15 is 0 Å². The highest BCUT2D eigenvalue weighted by Gasteiger charge is 2.21. The van der Waals surface area contributed by atoms with E-state index in [1.54, 1.807) is 25.3 Å². The third-order valence-electron chi connectivity index (χ3n) is 4.60. The number of thioether (sulfide) groups is 1. The molecule has 1 amide bonds. The molecular weight excluding hydrogens is 448 g/mol. The first-order chi connectivity index (χ1) is 15.4. The SMILES string of the molecule is C=CCn1c(SCC(=O)Nc2cc(Cl)ccc2C)nnc1C(C)Oc1ccccc1OC. The Hall–Kier alpha value is -2.97. The molecule has 1 aromatic heterocycles. The molecule has 1 N–H and O–H groups in total. The molecule has 7 nitrogen and oxygen atoms in total. The Morgan fingerprint density at radius 2 is 2.03 bits per heavy atom. The maximum absolute atomic E-state index is 12.5. The molecule has 0 spiro atoms. The Morgan fingerprint density at radius 3 is 2.75 bits per heavy atom. The van der Waals surface area contributed by atoms with Gasteiger partial charge in [-0.2, -0.15) is 0 Å². The summed E-state index contributed by atoms with van der Waals surface area (Å²) in [7, 11) is 1.59. The fraction of sp³-hybridized carbons (Fsp3) is 0.261. The summed E-state index contributed by atoms with van der Waals surface area (Å²) in [6.45, 7) is 8.10. The van der Waals surface area contributed by atoms with Gasteiger partial charge in [0.2, 0.25) is 5.91 Å². The van der Waals surface area contributed by atoms with Gasteiger partial charge in [0.05, 0.1) is 12.9 Å². The molecule has 32 heavy (non-hydrogen) atoms. The highest BCUT2D eigenvalue weighted by atomic mass is 35.5.